The second kappa shape index (κ2) is 9.31. The molecular weight excluding hydrogens is 381 g/mol. The molecule has 0 bridgehead atoms. The minimum atomic E-state index is -5.08. The van der Waals surface area contributed by atoms with Gasteiger partial charge in [-0.1, -0.05) is 0 Å². The van der Waals surface area contributed by atoms with Gasteiger partial charge in [0, 0.05) is 25.0 Å². The quantitative estimate of drug-likeness (QED) is 0.798. The van der Waals surface area contributed by atoms with Crippen LogP contribution in [0.5, 0.6) is 5.88 Å². The Morgan fingerprint density at radius 2 is 1.96 bits per heavy atom. The number of halogens is 3. The van der Waals surface area contributed by atoms with Gasteiger partial charge in [-0.3, -0.25) is 4.98 Å². The van der Waals surface area contributed by atoms with Crippen LogP contribution in [0.2, 0.25) is 0 Å². The Labute approximate surface area is 158 Å². The molecular formula is C17H19F3N4O4. The molecule has 1 aliphatic heterocycles. The number of alkyl halides is 3. The lowest BCUT2D eigenvalue weighted by atomic mass is 10.0. The first-order valence-corrected chi connectivity index (χ1v) is 8.22. The monoisotopic (exact) mass is 400 g/mol. The standard InChI is InChI=1S/C15H18N4O2.C2HF3O2/c1-21-15-9-14(17-10-18-15)19-7-4-13(20)12(19)8-11-2-5-16-6-3-11;3-2(4,5)1(6)7/h2-3,5-6,9-10,12-13,20H,4,7-8H2,1H3;(H,6,7)/t12-,13+;/m0./s1. The first-order valence-electron chi connectivity index (χ1n) is 8.22. The topological polar surface area (TPSA) is 109 Å². The van der Waals surface area contributed by atoms with Gasteiger partial charge < -0.3 is 19.8 Å². The molecule has 28 heavy (non-hydrogen) atoms. The van der Waals surface area contributed by atoms with E-state index in [2.05, 4.69) is 19.9 Å². The predicted molar refractivity (Wildman–Crippen MR) is 92.0 cm³/mol. The first-order chi connectivity index (χ1) is 13.2. The van der Waals surface area contributed by atoms with Crippen molar-refractivity contribution < 1.29 is 32.9 Å². The summed E-state index contributed by atoms with van der Waals surface area (Å²) in [5.74, 6) is -1.44. The molecule has 0 radical (unpaired) electrons. The van der Waals surface area contributed by atoms with Gasteiger partial charge in [-0.15, -0.1) is 0 Å². The predicted octanol–water partition coefficient (Wildman–Crippen LogP) is 1.70. The largest absolute Gasteiger partial charge is 0.490 e. The lowest BCUT2D eigenvalue weighted by Gasteiger charge is -2.27. The Bertz CT molecular complexity index is 776. The van der Waals surface area contributed by atoms with E-state index in [4.69, 9.17) is 14.6 Å². The average Bonchev–Trinajstić information content (AvgIpc) is 3.03. The zero-order valence-electron chi connectivity index (χ0n) is 14.9. The molecule has 0 amide bonds. The zero-order valence-corrected chi connectivity index (χ0v) is 14.9. The Morgan fingerprint density at radius 1 is 1.32 bits per heavy atom. The smallest absolute Gasteiger partial charge is 0.481 e. The molecule has 1 aliphatic rings. The maximum absolute atomic E-state index is 10.6. The van der Waals surface area contributed by atoms with Gasteiger partial charge in [0.1, 0.15) is 12.1 Å². The fourth-order valence-electron chi connectivity index (χ4n) is 2.73. The highest BCUT2D eigenvalue weighted by atomic mass is 19.4. The summed E-state index contributed by atoms with van der Waals surface area (Å²) in [6.07, 6.45) is 1.09. The number of aliphatic hydroxyl groups is 1. The maximum Gasteiger partial charge on any atom is 0.490 e. The molecule has 2 aromatic heterocycles. The fourth-order valence-corrected chi connectivity index (χ4v) is 2.73. The third kappa shape index (κ3) is 5.78. The van der Waals surface area contributed by atoms with Crippen LogP contribution < -0.4 is 9.64 Å². The molecule has 3 rings (SSSR count). The Hall–Kier alpha value is -2.95. The number of hydrogen-bond acceptors (Lipinski definition) is 7. The van der Waals surface area contributed by atoms with Crippen LogP contribution in [0.4, 0.5) is 19.0 Å². The molecule has 0 unspecified atom stereocenters. The maximum atomic E-state index is 10.6. The number of methoxy groups -OCH3 is 1. The highest BCUT2D eigenvalue weighted by Gasteiger charge is 2.38. The number of carboxylic acids is 1. The number of anilines is 1. The van der Waals surface area contributed by atoms with E-state index in [-0.39, 0.29) is 12.1 Å². The van der Waals surface area contributed by atoms with Gasteiger partial charge in [-0.05, 0) is 30.5 Å². The molecule has 11 heteroatoms. The summed E-state index contributed by atoms with van der Waals surface area (Å²) in [7, 11) is 1.58. The van der Waals surface area contributed by atoms with Crippen molar-refractivity contribution in [2.45, 2.75) is 31.2 Å². The molecule has 1 fully saturated rings. The van der Waals surface area contributed by atoms with Gasteiger partial charge >= 0.3 is 12.1 Å². The average molecular weight is 400 g/mol. The summed E-state index contributed by atoms with van der Waals surface area (Å²) in [5.41, 5.74) is 1.15. The molecule has 152 valence electrons. The van der Waals surface area contributed by atoms with Gasteiger partial charge in [0.2, 0.25) is 5.88 Å². The second-order valence-electron chi connectivity index (χ2n) is 5.90. The van der Waals surface area contributed by atoms with Crippen molar-refractivity contribution >= 4 is 11.8 Å². The summed E-state index contributed by atoms with van der Waals surface area (Å²) in [4.78, 5) is 23.4. The van der Waals surface area contributed by atoms with Gasteiger partial charge in [-0.2, -0.15) is 13.2 Å². The molecule has 0 saturated carbocycles. The number of aliphatic hydroxyl groups excluding tert-OH is 1. The van der Waals surface area contributed by atoms with Gasteiger partial charge in [-0.25, -0.2) is 14.8 Å². The van der Waals surface area contributed by atoms with Crippen LogP contribution in [0, 0.1) is 0 Å². The summed E-state index contributed by atoms with van der Waals surface area (Å²) < 4.78 is 36.9. The molecule has 0 aliphatic carbocycles. The van der Waals surface area contributed by atoms with Crippen LogP contribution in [0.1, 0.15) is 12.0 Å². The fraction of sp³-hybridized carbons (Fsp3) is 0.412. The molecule has 0 spiro atoms. The number of rotatable bonds is 4. The van der Waals surface area contributed by atoms with Crippen LogP contribution in [0.15, 0.2) is 36.9 Å². The SMILES string of the molecule is COc1cc(N2CC[C@@H](O)[C@@H]2Cc2ccncc2)ncn1.O=C(O)C(F)(F)F. The molecule has 3 heterocycles. The Balaban J connectivity index is 0.000000345. The summed E-state index contributed by atoms with van der Waals surface area (Å²) in [6, 6.07) is 5.76. The van der Waals surface area contributed by atoms with Crippen LogP contribution in [0.25, 0.3) is 0 Å². The summed E-state index contributed by atoms with van der Waals surface area (Å²) >= 11 is 0. The number of carboxylic acid groups (broad SMARTS) is 1. The molecule has 0 aromatic carbocycles. The molecule has 2 N–H and O–H groups in total. The van der Waals surface area contributed by atoms with E-state index in [1.807, 2.05) is 12.1 Å². The first kappa shape index (κ1) is 21.4. The molecule has 8 nitrogen and oxygen atoms in total. The van der Waals surface area contributed by atoms with Crippen molar-refractivity contribution in [3.63, 3.8) is 0 Å². The number of hydrogen-bond donors (Lipinski definition) is 2. The lowest BCUT2D eigenvalue weighted by molar-refractivity contribution is -0.192. The van der Waals surface area contributed by atoms with Crippen molar-refractivity contribution in [3.05, 3.63) is 42.5 Å². The minimum Gasteiger partial charge on any atom is -0.481 e. The highest BCUT2D eigenvalue weighted by Crippen LogP contribution is 2.27. The number of aromatic nitrogens is 3. The van der Waals surface area contributed by atoms with E-state index in [0.29, 0.717) is 5.88 Å². The molecule has 2 atom stereocenters. The third-order valence-corrected chi connectivity index (χ3v) is 4.08. The van der Waals surface area contributed by atoms with Crippen LogP contribution in [0.3, 0.4) is 0 Å². The van der Waals surface area contributed by atoms with Gasteiger partial charge in [0.05, 0.1) is 19.3 Å². The van der Waals surface area contributed by atoms with E-state index < -0.39 is 12.1 Å². The van der Waals surface area contributed by atoms with E-state index in [0.717, 1.165) is 30.8 Å². The van der Waals surface area contributed by atoms with Crippen LogP contribution in [-0.4, -0.2) is 63.1 Å². The number of pyridine rings is 1. The second-order valence-corrected chi connectivity index (χ2v) is 5.90. The number of aliphatic carboxylic acids is 1. The van der Waals surface area contributed by atoms with Crippen molar-refractivity contribution in [1.29, 1.82) is 0 Å². The summed E-state index contributed by atoms with van der Waals surface area (Å²) in [6.45, 7) is 0.775. The lowest BCUT2D eigenvalue weighted by Crippen LogP contribution is -2.37. The highest BCUT2D eigenvalue weighted by molar-refractivity contribution is 5.73. The van der Waals surface area contributed by atoms with Gasteiger partial charge in [0.15, 0.2) is 0 Å². The number of ether oxygens (including phenoxy) is 1. The van der Waals surface area contributed by atoms with Crippen molar-refractivity contribution in [2.24, 2.45) is 0 Å². The molecule has 2 aromatic rings. The molecule has 1 saturated heterocycles. The third-order valence-electron chi connectivity index (χ3n) is 4.08. The van der Waals surface area contributed by atoms with Crippen molar-refractivity contribution in [1.82, 2.24) is 15.0 Å². The van der Waals surface area contributed by atoms with E-state index in [9.17, 15) is 18.3 Å². The van der Waals surface area contributed by atoms with Crippen molar-refractivity contribution in [2.75, 3.05) is 18.6 Å². The van der Waals surface area contributed by atoms with E-state index in [1.165, 1.54) is 6.33 Å². The summed E-state index contributed by atoms with van der Waals surface area (Å²) in [5, 5.41) is 17.4. The van der Waals surface area contributed by atoms with Crippen molar-refractivity contribution in [3.8, 4) is 5.88 Å². The Kier molecular flexibility index (Phi) is 7.10. The normalized spacial score (nSPS) is 19.0. The number of nitrogens with zero attached hydrogens (tertiary/aromatic N) is 4. The van der Waals surface area contributed by atoms with Gasteiger partial charge in [0.25, 0.3) is 0 Å². The number of carbonyl (C=O) groups is 1. The van der Waals surface area contributed by atoms with Crippen LogP contribution >= 0.6 is 0 Å². The minimum absolute atomic E-state index is 0.00649. The zero-order chi connectivity index (χ0) is 20.7. The van der Waals surface area contributed by atoms with E-state index >= 15 is 0 Å². The van der Waals surface area contributed by atoms with Crippen LogP contribution in [-0.2, 0) is 11.2 Å². The Morgan fingerprint density at radius 3 is 2.54 bits per heavy atom. The van der Waals surface area contributed by atoms with E-state index in [1.54, 1.807) is 25.6 Å².